The average molecular weight is 275 g/mol. The van der Waals surface area contributed by atoms with Gasteiger partial charge in [-0.3, -0.25) is 4.79 Å². The lowest BCUT2D eigenvalue weighted by atomic mass is 10.1. The van der Waals surface area contributed by atoms with E-state index >= 15 is 0 Å². The molecule has 2 aromatic rings. The minimum absolute atomic E-state index is 0.148. The lowest BCUT2D eigenvalue weighted by Gasteiger charge is -2.15. The number of thiophene rings is 1. The fourth-order valence-corrected chi connectivity index (χ4v) is 3.37. The molecule has 3 rings (SSSR count). The van der Waals surface area contributed by atoms with Crippen LogP contribution in [0.5, 0.6) is 0 Å². The Hall–Kier alpha value is -1.62. The molecule has 5 heteroatoms. The standard InChI is InChI=1S/C14H17N3OS/c1-10-7-16(2)13(15-10)11-3-5-17(8-11)14(18)12-4-6-19-9-12/h4,6-7,9,11H,3,5,8H2,1-2H3/t11-/m1/s1. The van der Waals surface area contributed by atoms with Gasteiger partial charge in [0.15, 0.2) is 0 Å². The van der Waals surface area contributed by atoms with Crippen LogP contribution in [0, 0.1) is 6.92 Å². The lowest BCUT2D eigenvalue weighted by molar-refractivity contribution is 0.0791. The zero-order valence-electron chi connectivity index (χ0n) is 11.2. The van der Waals surface area contributed by atoms with Crippen LogP contribution in [-0.4, -0.2) is 33.4 Å². The molecule has 0 N–H and O–H groups in total. The normalized spacial score (nSPS) is 19.1. The van der Waals surface area contributed by atoms with E-state index in [1.165, 1.54) is 0 Å². The number of imidazole rings is 1. The van der Waals surface area contributed by atoms with Crippen molar-refractivity contribution in [3.63, 3.8) is 0 Å². The maximum absolute atomic E-state index is 12.3. The van der Waals surface area contributed by atoms with E-state index in [1.54, 1.807) is 11.3 Å². The molecular formula is C14H17N3OS. The molecule has 1 amide bonds. The molecule has 0 bridgehead atoms. The molecule has 1 aliphatic rings. The number of hydrogen-bond donors (Lipinski definition) is 0. The molecule has 0 unspecified atom stereocenters. The topological polar surface area (TPSA) is 38.1 Å². The van der Waals surface area contributed by atoms with Crippen LogP contribution in [0.1, 0.15) is 34.2 Å². The molecule has 1 saturated heterocycles. The number of carbonyl (C=O) groups excluding carboxylic acids is 1. The Balaban J connectivity index is 1.74. The summed E-state index contributed by atoms with van der Waals surface area (Å²) in [6.07, 6.45) is 3.04. The number of amides is 1. The SMILES string of the molecule is Cc1cn(C)c([C@@H]2CCN(C(=O)c3ccsc3)C2)n1. The maximum atomic E-state index is 12.3. The van der Waals surface area contributed by atoms with Crippen molar-refractivity contribution in [2.24, 2.45) is 7.05 Å². The van der Waals surface area contributed by atoms with E-state index in [0.717, 1.165) is 36.6 Å². The number of likely N-dealkylation sites (tertiary alicyclic amines) is 1. The number of nitrogens with zero attached hydrogens (tertiary/aromatic N) is 3. The van der Waals surface area contributed by atoms with E-state index in [9.17, 15) is 4.79 Å². The van der Waals surface area contributed by atoms with Crippen LogP contribution >= 0.6 is 11.3 Å². The van der Waals surface area contributed by atoms with Crippen molar-refractivity contribution in [2.45, 2.75) is 19.3 Å². The van der Waals surface area contributed by atoms with Crippen LogP contribution in [0.15, 0.2) is 23.0 Å². The van der Waals surface area contributed by atoms with Crippen molar-refractivity contribution in [3.8, 4) is 0 Å². The number of hydrogen-bond acceptors (Lipinski definition) is 3. The molecule has 3 heterocycles. The van der Waals surface area contributed by atoms with Crippen LogP contribution < -0.4 is 0 Å². The van der Waals surface area contributed by atoms with Gasteiger partial charge in [-0.05, 0) is 24.8 Å². The van der Waals surface area contributed by atoms with Crippen molar-refractivity contribution in [1.82, 2.24) is 14.5 Å². The van der Waals surface area contributed by atoms with Gasteiger partial charge in [0.05, 0.1) is 11.3 Å². The van der Waals surface area contributed by atoms with Gasteiger partial charge < -0.3 is 9.47 Å². The molecule has 100 valence electrons. The van der Waals surface area contributed by atoms with Gasteiger partial charge in [0, 0.05) is 37.6 Å². The Morgan fingerprint density at radius 2 is 2.37 bits per heavy atom. The molecule has 0 saturated carbocycles. The second kappa shape index (κ2) is 4.81. The highest BCUT2D eigenvalue weighted by Gasteiger charge is 2.30. The Morgan fingerprint density at radius 1 is 1.53 bits per heavy atom. The van der Waals surface area contributed by atoms with Crippen LogP contribution in [0.4, 0.5) is 0 Å². The van der Waals surface area contributed by atoms with Gasteiger partial charge in [0.25, 0.3) is 5.91 Å². The summed E-state index contributed by atoms with van der Waals surface area (Å²) in [5, 5.41) is 3.86. The third kappa shape index (κ3) is 2.30. The number of rotatable bonds is 2. The third-order valence-corrected chi connectivity index (χ3v) is 4.32. The highest BCUT2D eigenvalue weighted by Crippen LogP contribution is 2.27. The van der Waals surface area contributed by atoms with Crippen molar-refractivity contribution in [2.75, 3.05) is 13.1 Å². The molecule has 4 nitrogen and oxygen atoms in total. The van der Waals surface area contributed by atoms with Crippen LogP contribution in [0.25, 0.3) is 0 Å². The van der Waals surface area contributed by atoms with E-state index in [2.05, 4.69) is 9.55 Å². The smallest absolute Gasteiger partial charge is 0.254 e. The summed E-state index contributed by atoms with van der Waals surface area (Å²) >= 11 is 1.57. The van der Waals surface area contributed by atoms with E-state index < -0.39 is 0 Å². The quantitative estimate of drug-likeness (QED) is 0.844. The molecular weight excluding hydrogens is 258 g/mol. The van der Waals surface area contributed by atoms with Gasteiger partial charge in [-0.25, -0.2) is 4.98 Å². The zero-order valence-corrected chi connectivity index (χ0v) is 12.0. The Bertz CT molecular complexity index is 588. The summed E-state index contributed by atoms with van der Waals surface area (Å²) in [7, 11) is 2.03. The number of aryl methyl sites for hydroxylation is 2. The largest absolute Gasteiger partial charge is 0.338 e. The maximum Gasteiger partial charge on any atom is 0.254 e. The lowest BCUT2D eigenvalue weighted by Crippen LogP contribution is -2.28. The molecule has 0 aliphatic carbocycles. The van der Waals surface area contributed by atoms with Gasteiger partial charge in [-0.1, -0.05) is 0 Å². The van der Waals surface area contributed by atoms with Crippen LogP contribution in [-0.2, 0) is 7.05 Å². The monoisotopic (exact) mass is 275 g/mol. The average Bonchev–Trinajstić information content (AvgIpc) is 3.08. The highest BCUT2D eigenvalue weighted by atomic mass is 32.1. The fourth-order valence-electron chi connectivity index (χ4n) is 2.74. The molecule has 1 aliphatic heterocycles. The van der Waals surface area contributed by atoms with Crippen LogP contribution in [0.2, 0.25) is 0 Å². The van der Waals surface area contributed by atoms with Crippen LogP contribution in [0.3, 0.4) is 0 Å². The summed E-state index contributed by atoms with van der Waals surface area (Å²) in [5.74, 6) is 1.61. The molecule has 1 atom stereocenters. The fraction of sp³-hybridized carbons (Fsp3) is 0.429. The number of aromatic nitrogens is 2. The van der Waals surface area contributed by atoms with Crippen molar-refractivity contribution in [3.05, 3.63) is 40.1 Å². The van der Waals surface area contributed by atoms with Crippen molar-refractivity contribution in [1.29, 1.82) is 0 Å². The Labute approximate surface area is 116 Å². The Morgan fingerprint density at radius 3 is 3.00 bits per heavy atom. The van der Waals surface area contributed by atoms with E-state index in [-0.39, 0.29) is 5.91 Å². The van der Waals surface area contributed by atoms with Gasteiger partial charge in [0.1, 0.15) is 5.82 Å². The first-order chi connectivity index (χ1) is 9.15. The van der Waals surface area contributed by atoms with Gasteiger partial charge in [0.2, 0.25) is 0 Å². The zero-order chi connectivity index (χ0) is 13.4. The molecule has 1 fully saturated rings. The summed E-state index contributed by atoms with van der Waals surface area (Å²) in [6.45, 7) is 3.61. The molecule has 0 radical (unpaired) electrons. The predicted octanol–water partition coefficient (Wildman–Crippen LogP) is 2.42. The molecule has 0 spiro atoms. The summed E-state index contributed by atoms with van der Waals surface area (Å²) in [4.78, 5) is 18.8. The second-order valence-corrected chi connectivity index (χ2v) is 5.88. The molecule has 0 aromatic carbocycles. The van der Waals surface area contributed by atoms with Gasteiger partial charge >= 0.3 is 0 Å². The minimum atomic E-state index is 0.148. The summed E-state index contributed by atoms with van der Waals surface area (Å²) < 4.78 is 2.08. The van der Waals surface area contributed by atoms with Crippen molar-refractivity contribution < 1.29 is 4.79 Å². The summed E-state index contributed by atoms with van der Waals surface area (Å²) in [5.41, 5.74) is 1.85. The third-order valence-electron chi connectivity index (χ3n) is 3.64. The first-order valence-electron chi connectivity index (χ1n) is 6.46. The van der Waals surface area contributed by atoms with E-state index in [0.29, 0.717) is 5.92 Å². The molecule has 2 aromatic heterocycles. The predicted molar refractivity (Wildman–Crippen MR) is 75.5 cm³/mol. The van der Waals surface area contributed by atoms with Gasteiger partial charge in [-0.15, -0.1) is 0 Å². The summed E-state index contributed by atoms with van der Waals surface area (Å²) in [6, 6.07) is 1.89. The first kappa shape index (κ1) is 12.4. The first-order valence-corrected chi connectivity index (χ1v) is 7.41. The molecule has 19 heavy (non-hydrogen) atoms. The Kier molecular flexibility index (Phi) is 3.14. The second-order valence-electron chi connectivity index (χ2n) is 5.10. The number of carbonyl (C=O) groups is 1. The minimum Gasteiger partial charge on any atom is -0.338 e. The van der Waals surface area contributed by atoms with Crippen molar-refractivity contribution >= 4 is 17.2 Å². The highest BCUT2D eigenvalue weighted by molar-refractivity contribution is 7.08. The van der Waals surface area contributed by atoms with E-state index in [4.69, 9.17) is 0 Å². The van der Waals surface area contributed by atoms with E-state index in [1.807, 2.05) is 41.9 Å². The van der Waals surface area contributed by atoms with Gasteiger partial charge in [-0.2, -0.15) is 11.3 Å².